The predicted octanol–water partition coefficient (Wildman–Crippen LogP) is 3.19. The standard InChI is InChI=1S/C24H23FN4O3/c1-14-5-6-15(2)19(11-14)26-21(30)13-28-20-12-16(3)27(4)22(20)23(31)29(24(28)32)18-9-7-17(25)8-10-18/h5-12H,13H2,1-4H3,(H,26,30). The van der Waals surface area contributed by atoms with E-state index in [0.717, 1.165) is 21.4 Å². The summed E-state index contributed by atoms with van der Waals surface area (Å²) in [4.78, 5) is 39.5. The van der Waals surface area contributed by atoms with E-state index >= 15 is 0 Å². The summed E-state index contributed by atoms with van der Waals surface area (Å²) >= 11 is 0. The fourth-order valence-electron chi connectivity index (χ4n) is 3.76. The van der Waals surface area contributed by atoms with Gasteiger partial charge in [0.2, 0.25) is 5.91 Å². The fraction of sp³-hybridized carbons (Fsp3) is 0.208. The largest absolute Gasteiger partial charge is 0.342 e. The van der Waals surface area contributed by atoms with Crippen molar-refractivity contribution in [2.24, 2.45) is 7.05 Å². The number of hydrogen-bond acceptors (Lipinski definition) is 3. The normalized spacial score (nSPS) is 11.2. The highest BCUT2D eigenvalue weighted by atomic mass is 19.1. The molecule has 0 aliphatic rings. The van der Waals surface area contributed by atoms with Gasteiger partial charge in [-0.1, -0.05) is 12.1 Å². The Bertz CT molecular complexity index is 1480. The topological polar surface area (TPSA) is 78.0 Å². The summed E-state index contributed by atoms with van der Waals surface area (Å²) in [5.41, 5.74) is 3.00. The van der Waals surface area contributed by atoms with Gasteiger partial charge in [-0.15, -0.1) is 0 Å². The first-order chi connectivity index (χ1) is 15.2. The molecular formula is C24H23FN4O3. The molecule has 7 nitrogen and oxygen atoms in total. The molecule has 4 aromatic rings. The number of fused-ring (bicyclic) bond motifs is 1. The maximum Gasteiger partial charge on any atom is 0.336 e. The van der Waals surface area contributed by atoms with Gasteiger partial charge in [-0.25, -0.2) is 13.8 Å². The number of carbonyl (C=O) groups is 1. The third-order valence-corrected chi connectivity index (χ3v) is 5.63. The van der Waals surface area contributed by atoms with Gasteiger partial charge in [0.1, 0.15) is 17.9 Å². The number of aromatic nitrogens is 3. The van der Waals surface area contributed by atoms with Gasteiger partial charge in [-0.05, 0) is 68.3 Å². The first kappa shape index (κ1) is 21.3. The first-order valence-corrected chi connectivity index (χ1v) is 10.1. The van der Waals surface area contributed by atoms with E-state index in [-0.39, 0.29) is 17.7 Å². The lowest BCUT2D eigenvalue weighted by Crippen LogP contribution is -2.41. The first-order valence-electron chi connectivity index (χ1n) is 10.1. The highest BCUT2D eigenvalue weighted by Crippen LogP contribution is 2.18. The van der Waals surface area contributed by atoms with Gasteiger partial charge < -0.3 is 9.88 Å². The Hall–Kier alpha value is -3.94. The molecule has 0 fully saturated rings. The van der Waals surface area contributed by atoms with Crippen molar-refractivity contribution >= 4 is 22.6 Å². The van der Waals surface area contributed by atoms with Crippen LogP contribution in [0.2, 0.25) is 0 Å². The fourth-order valence-corrected chi connectivity index (χ4v) is 3.76. The second-order valence-corrected chi connectivity index (χ2v) is 7.93. The zero-order valence-electron chi connectivity index (χ0n) is 18.3. The Morgan fingerprint density at radius 3 is 2.38 bits per heavy atom. The molecule has 0 saturated carbocycles. The minimum absolute atomic E-state index is 0.228. The minimum atomic E-state index is -0.671. The van der Waals surface area contributed by atoms with Gasteiger partial charge in [-0.3, -0.25) is 14.2 Å². The van der Waals surface area contributed by atoms with Crippen LogP contribution in [-0.2, 0) is 18.4 Å². The van der Waals surface area contributed by atoms with Gasteiger partial charge in [0.15, 0.2) is 0 Å². The van der Waals surface area contributed by atoms with E-state index in [1.165, 1.54) is 28.8 Å². The molecular weight excluding hydrogens is 411 g/mol. The van der Waals surface area contributed by atoms with Crippen molar-refractivity contribution in [2.75, 3.05) is 5.32 Å². The van der Waals surface area contributed by atoms with Crippen molar-refractivity contribution in [2.45, 2.75) is 27.3 Å². The summed E-state index contributed by atoms with van der Waals surface area (Å²) in [5, 5.41) is 2.85. The second kappa shape index (κ2) is 7.96. The Morgan fingerprint density at radius 2 is 1.69 bits per heavy atom. The molecule has 0 spiro atoms. The van der Waals surface area contributed by atoms with Crippen LogP contribution in [0.3, 0.4) is 0 Å². The van der Waals surface area contributed by atoms with Crippen molar-refractivity contribution in [3.05, 3.63) is 92.0 Å². The quantitative estimate of drug-likeness (QED) is 0.536. The number of carbonyl (C=O) groups excluding carboxylic acids is 1. The lowest BCUT2D eigenvalue weighted by molar-refractivity contribution is -0.116. The summed E-state index contributed by atoms with van der Waals surface area (Å²) < 4.78 is 17.3. The number of aryl methyl sites for hydroxylation is 4. The number of benzene rings is 2. The lowest BCUT2D eigenvalue weighted by Gasteiger charge is -2.14. The maximum absolute atomic E-state index is 13.4. The molecule has 2 aromatic carbocycles. The molecule has 4 rings (SSSR count). The van der Waals surface area contributed by atoms with Crippen LogP contribution in [0.15, 0.2) is 58.1 Å². The summed E-state index contributed by atoms with van der Waals surface area (Å²) in [7, 11) is 1.72. The lowest BCUT2D eigenvalue weighted by atomic mass is 10.1. The zero-order valence-corrected chi connectivity index (χ0v) is 18.3. The van der Waals surface area contributed by atoms with Gasteiger partial charge in [0, 0.05) is 18.4 Å². The van der Waals surface area contributed by atoms with E-state index < -0.39 is 23.0 Å². The second-order valence-electron chi connectivity index (χ2n) is 7.93. The molecule has 2 aromatic heterocycles. The SMILES string of the molecule is Cc1ccc(C)c(NC(=O)Cn2c(=O)n(-c3ccc(F)cc3)c(=O)c3c2cc(C)n3C)c1. The van der Waals surface area contributed by atoms with E-state index in [1.807, 2.05) is 39.0 Å². The van der Waals surface area contributed by atoms with E-state index in [4.69, 9.17) is 0 Å². The van der Waals surface area contributed by atoms with Gasteiger partial charge >= 0.3 is 5.69 Å². The number of anilines is 1. The van der Waals surface area contributed by atoms with E-state index in [2.05, 4.69) is 5.32 Å². The highest BCUT2D eigenvalue weighted by Gasteiger charge is 2.20. The summed E-state index contributed by atoms with van der Waals surface area (Å²) in [6.07, 6.45) is 0. The molecule has 0 unspecified atom stereocenters. The van der Waals surface area contributed by atoms with Crippen LogP contribution in [0.1, 0.15) is 16.8 Å². The van der Waals surface area contributed by atoms with Crippen molar-refractivity contribution in [3.63, 3.8) is 0 Å². The number of nitrogens with zero attached hydrogens (tertiary/aromatic N) is 3. The zero-order chi connectivity index (χ0) is 23.2. The predicted molar refractivity (Wildman–Crippen MR) is 122 cm³/mol. The van der Waals surface area contributed by atoms with Crippen LogP contribution in [0, 0.1) is 26.6 Å². The molecule has 32 heavy (non-hydrogen) atoms. The Morgan fingerprint density at radius 1 is 1.00 bits per heavy atom. The summed E-state index contributed by atoms with van der Waals surface area (Å²) in [6.45, 7) is 5.34. The van der Waals surface area contributed by atoms with Crippen LogP contribution in [0.25, 0.3) is 16.7 Å². The van der Waals surface area contributed by atoms with E-state index in [1.54, 1.807) is 17.7 Å². The number of rotatable bonds is 4. The minimum Gasteiger partial charge on any atom is -0.342 e. The molecule has 0 saturated heterocycles. The van der Waals surface area contributed by atoms with E-state index in [0.29, 0.717) is 11.2 Å². The maximum atomic E-state index is 13.4. The van der Waals surface area contributed by atoms with Crippen molar-refractivity contribution in [3.8, 4) is 5.69 Å². The molecule has 0 aliphatic carbocycles. The average molecular weight is 434 g/mol. The Kier molecular flexibility index (Phi) is 5.30. The molecule has 2 heterocycles. The molecule has 0 radical (unpaired) electrons. The third-order valence-electron chi connectivity index (χ3n) is 5.63. The number of halogens is 1. The Balaban J connectivity index is 1.87. The third kappa shape index (κ3) is 3.64. The molecule has 1 amide bonds. The molecule has 0 aliphatic heterocycles. The highest BCUT2D eigenvalue weighted by molar-refractivity contribution is 5.92. The van der Waals surface area contributed by atoms with Gasteiger partial charge in [-0.2, -0.15) is 0 Å². The van der Waals surface area contributed by atoms with Crippen LogP contribution in [0.4, 0.5) is 10.1 Å². The summed E-state index contributed by atoms with van der Waals surface area (Å²) in [5.74, 6) is -0.876. The van der Waals surface area contributed by atoms with Crippen molar-refractivity contribution < 1.29 is 9.18 Å². The molecule has 164 valence electrons. The molecule has 0 bridgehead atoms. The van der Waals surface area contributed by atoms with Crippen molar-refractivity contribution in [1.82, 2.24) is 13.7 Å². The van der Waals surface area contributed by atoms with E-state index in [9.17, 15) is 18.8 Å². The number of hydrogen-bond donors (Lipinski definition) is 1. The summed E-state index contributed by atoms with van der Waals surface area (Å²) in [6, 6.07) is 12.5. The van der Waals surface area contributed by atoms with Crippen LogP contribution in [0.5, 0.6) is 0 Å². The molecule has 8 heteroatoms. The average Bonchev–Trinajstić information content (AvgIpc) is 3.04. The molecule has 1 N–H and O–H groups in total. The van der Waals surface area contributed by atoms with Crippen LogP contribution >= 0.6 is 0 Å². The monoisotopic (exact) mass is 434 g/mol. The van der Waals surface area contributed by atoms with Crippen molar-refractivity contribution in [1.29, 1.82) is 0 Å². The number of amides is 1. The van der Waals surface area contributed by atoms with Gasteiger partial charge in [0.05, 0.1) is 11.2 Å². The Labute approximate surface area is 183 Å². The molecule has 0 atom stereocenters. The van der Waals surface area contributed by atoms with Gasteiger partial charge in [0.25, 0.3) is 5.56 Å². The van der Waals surface area contributed by atoms with Crippen LogP contribution < -0.4 is 16.6 Å². The number of nitrogens with one attached hydrogen (secondary N) is 1. The smallest absolute Gasteiger partial charge is 0.336 e. The van der Waals surface area contributed by atoms with Crippen LogP contribution in [-0.4, -0.2) is 19.6 Å².